The molecule has 0 saturated carbocycles. The van der Waals surface area contributed by atoms with Crippen molar-refractivity contribution in [2.75, 3.05) is 0 Å². The molecule has 0 bridgehead atoms. The van der Waals surface area contributed by atoms with E-state index in [1.54, 1.807) is 0 Å². The molecule has 15 heavy (non-hydrogen) atoms. The normalized spacial score (nSPS) is 10.9. The third kappa shape index (κ3) is 3.11. The van der Waals surface area contributed by atoms with Gasteiger partial charge in [-0.2, -0.15) is 5.26 Å². The summed E-state index contributed by atoms with van der Waals surface area (Å²) in [7, 11) is 0. The molecule has 0 amide bonds. The molecular weight excluding hydrogens is 211 g/mol. The lowest BCUT2D eigenvalue weighted by molar-refractivity contribution is -0.274. The number of nitrogens with zero attached hydrogens (tertiary/aromatic N) is 2. The van der Waals surface area contributed by atoms with Gasteiger partial charge in [0.1, 0.15) is 6.07 Å². The van der Waals surface area contributed by atoms with Crippen LogP contribution in [0.3, 0.4) is 0 Å². The van der Waals surface area contributed by atoms with E-state index in [0.717, 1.165) is 6.07 Å². The van der Waals surface area contributed by atoms with Crippen LogP contribution in [0.1, 0.15) is 11.4 Å². The molecule has 4 nitrogen and oxygen atoms in total. The number of alkyl halides is 3. The van der Waals surface area contributed by atoms with Crippen LogP contribution in [0.15, 0.2) is 12.1 Å². The predicted molar refractivity (Wildman–Crippen MR) is 43.5 cm³/mol. The second-order valence-corrected chi connectivity index (χ2v) is 2.51. The minimum atomic E-state index is -4.84. The third-order valence-corrected chi connectivity index (χ3v) is 1.46. The number of nitrogens with two attached hydrogens (primary N) is 1. The summed E-state index contributed by atoms with van der Waals surface area (Å²) >= 11 is 0. The molecule has 0 aromatic carbocycles. The zero-order chi connectivity index (χ0) is 11.5. The number of hydrogen-bond acceptors (Lipinski definition) is 4. The second-order valence-electron chi connectivity index (χ2n) is 2.51. The molecule has 7 heteroatoms. The Bertz CT molecular complexity index is 397. The van der Waals surface area contributed by atoms with Crippen LogP contribution in [-0.4, -0.2) is 11.3 Å². The van der Waals surface area contributed by atoms with Crippen LogP contribution in [-0.2, 0) is 6.54 Å². The molecule has 1 rings (SSSR count). The highest BCUT2D eigenvalue weighted by atomic mass is 19.4. The maximum Gasteiger partial charge on any atom is 0.573 e. The monoisotopic (exact) mass is 217 g/mol. The Labute approximate surface area is 83.1 Å². The molecule has 80 valence electrons. The van der Waals surface area contributed by atoms with E-state index in [4.69, 9.17) is 11.0 Å². The SMILES string of the molecule is N#Cc1nc(CN)ccc1OC(F)(F)F. The van der Waals surface area contributed by atoms with E-state index in [9.17, 15) is 13.2 Å². The summed E-state index contributed by atoms with van der Waals surface area (Å²) in [6.45, 7) is 0.0426. The van der Waals surface area contributed by atoms with Crippen LogP contribution in [0.25, 0.3) is 0 Å². The molecular formula is C8H6F3N3O. The maximum absolute atomic E-state index is 11.9. The van der Waals surface area contributed by atoms with Gasteiger partial charge in [0.05, 0.1) is 5.69 Å². The first kappa shape index (κ1) is 11.3. The lowest BCUT2D eigenvalue weighted by Crippen LogP contribution is -2.18. The number of rotatable bonds is 2. The van der Waals surface area contributed by atoms with Crippen LogP contribution in [0.5, 0.6) is 5.75 Å². The number of halogens is 3. The van der Waals surface area contributed by atoms with Gasteiger partial charge in [-0.3, -0.25) is 0 Å². The van der Waals surface area contributed by atoms with Crippen molar-refractivity contribution in [1.82, 2.24) is 4.98 Å². The van der Waals surface area contributed by atoms with E-state index < -0.39 is 17.8 Å². The van der Waals surface area contributed by atoms with Crippen molar-refractivity contribution in [2.45, 2.75) is 12.9 Å². The second kappa shape index (κ2) is 4.14. The Morgan fingerprint density at radius 3 is 2.60 bits per heavy atom. The average Bonchev–Trinajstić information content (AvgIpc) is 2.16. The number of aromatic nitrogens is 1. The first-order valence-electron chi connectivity index (χ1n) is 3.82. The molecule has 2 N–H and O–H groups in total. The van der Waals surface area contributed by atoms with Gasteiger partial charge in [-0.25, -0.2) is 4.98 Å². The van der Waals surface area contributed by atoms with Crippen LogP contribution >= 0.6 is 0 Å². The highest BCUT2D eigenvalue weighted by molar-refractivity contribution is 5.38. The van der Waals surface area contributed by atoms with E-state index in [1.807, 2.05) is 0 Å². The molecule has 1 aromatic heterocycles. The highest BCUT2D eigenvalue weighted by Gasteiger charge is 2.32. The quantitative estimate of drug-likeness (QED) is 0.810. The lowest BCUT2D eigenvalue weighted by atomic mass is 10.3. The van der Waals surface area contributed by atoms with Gasteiger partial charge in [-0.1, -0.05) is 0 Å². The van der Waals surface area contributed by atoms with Crippen molar-refractivity contribution >= 4 is 0 Å². The Morgan fingerprint density at radius 1 is 1.47 bits per heavy atom. The Balaban J connectivity index is 3.04. The molecule has 0 radical (unpaired) electrons. The summed E-state index contributed by atoms with van der Waals surface area (Å²) in [5.41, 5.74) is 5.10. The first-order valence-corrected chi connectivity index (χ1v) is 3.82. The lowest BCUT2D eigenvalue weighted by Gasteiger charge is -2.09. The fraction of sp³-hybridized carbons (Fsp3) is 0.250. The van der Waals surface area contributed by atoms with Gasteiger partial charge in [-0.15, -0.1) is 13.2 Å². The summed E-state index contributed by atoms with van der Waals surface area (Å²) in [6.07, 6.45) is -4.84. The van der Waals surface area contributed by atoms with Crippen molar-refractivity contribution in [3.05, 3.63) is 23.5 Å². The molecule has 0 unspecified atom stereocenters. The molecule has 0 saturated heterocycles. The molecule has 0 aliphatic rings. The molecule has 0 aliphatic carbocycles. The smallest absolute Gasteiger partial charge is 0.403 e. The summed E-state index contributed by atoms with van der Waals surface area (Å²) in [5.74, 6) is -0.623. The molecule has 0 fully saturated rings. The topological polar surface area (TPSA) is 71.9 Å². The van der Waals surface area contributed by atoms with Gasteiger partial charge in [0.25, 0.3) is 0 Å². The number of pyridine rings is 1. The zero-order valence-electron chi connectivity index (χ0n) is 7.38. The Morgan fingerprint density at radius 2 is 2.13 bits per heavy atom. The van der Waals surface area contributed by atoms with Gasteiger partial charge < -0.3 is 10.5 Å². The van der Waals surface area contributed by atoms with Crippen molar-refractivity contribution in [3.63, 3.8) is 0 Å². The van der Waals surface area contributed by atoms with Crippen molar-refractivity contribution < 1.29 is 17.9 Å². The minimum absolute atomic E-state index is 0.0426. The van der Waals surface area contributed by atoms with Gasteiger partial charge in [0.15, 0.2) is 11.4 Å². The van der Waals surface area contributed by atoms with Gasteiger partial charge in [0, 0.05) is 6.54 Å². The van der Waals surface area contributed by atoms with Crippen LogP contribution in [0.2, 0.25) is 0 Å². The van der Waals surface area contributed by atoms with Crippen LogP contribution in [0, 0.1) is 11.3 Å². The molecule has 0 atom stereocenters. The third-order valence-electron chi connectivity index (χ3n) is 1.46. The van der Waals surface area contributed by atoms with E-state index in [2.05, 4.69) is 9.72 Å². The fourth-order valence-corrected chi connectivity index (χ4v) is 0.888. The van der Waals surface area contributed by atoms with E-state index >= 15 is 0 Å². The zero-order valence-corrected chi connectivity index (χ0v) is 7.38. The van der Waals surface area contributed by atoms with Crippen LogP contribution < -0.4 is 10.5 Å². The van der Waals surface area contributed by atoms with Crippen molar-refractivity contribution in [1.29, 1.82) is 5.26 Å². The summed E-state index contributed by atoms with van der Waals surface area (Å²) in [5, 5.41) is 8.53. The Hall–Kier alpha value is -1.81. The largest absolute Gasteiger partial charge is 0.573 e. The highest BCUT2D eigenvalue weighted by Crippen LogP contribution is 2.24. The minimum Gasteiger partial charge on any atom is -0.403 e. The molecule has 1 aromatic rings. The van der Waals surface area contributed by atoms with Gasteiger partial charge >= 0.3 is 6.36 Å². The summed E-state index contributed by atoms with van der Waals surface area (Å²) in [6, 6.07) is 3.78. The first-order chi connectivity index (χ1) is 6.96. The van der Waals surface area contributed by atoms with E-state index in [1.165, 1.54) is 12.1 Å². The standard InChI is InChI=1S/C8H6F3N3O/c9-8(10,11)15-7-2-1-5(3-12)14-6(7)4-13/h1-2H,3,12H2. The van der Waals surface area contributed by atoms with Crippen molar-refractivity contribution in [2.24, 2.45) is 5.73 Å². The fourth-order valence-electron chi connectivity index (χ4n) is 0.888. The predicted octanol–water partition coefficient (Wildman–Crippen LogP) is 1.31. The van der Waals surface area contributed by atoms with Gasteiger partial charge in [-0.05, 0) is 12.1 Å². The maximum atomic E-state index is 11.9. The summed E-state index contributed by atoms with van der Waals surface area (Å²) < 4.78 is 39.2. The summed E-state index contributed by atoms with van der Waals surface area (Å²) in [4.78, 5) is 3.58. The number of nitriles is 1. The molecule has 0 spiro atoms. The average molecular weight is 217 g/mol. The molecule has 1 heterocycles. The Kier molecular flexibility index (Phi) is 3.11. The van der Waals surface area contributed by atoms with Crippen LogP contribution in [0.4, 0.5) is 13.2 Å². The van der Waals surface area contributed by atoms with Crippen molar-refractivity contribution in [3.8, 4) is 11.8 Å². The molecule has 0 aliphatic heterocycles. The number of hydrogen-bond donors (Lipinski definition) is 1. The van der Waals surface area contributed by atoms with E-state index in [-0.39, 0.29) is 6.54 Å². The van der Waals surface area contributed by atoms with E-state index in [0.29, 0.717) is 5.69 Å². The number of ether oxygens (including phenoxy) is 1. The van der Waals surface area contributed by atoms with Gasteiger partial charge in [0.2, 0.25) is 0 Å².